The first-order chi connectivity index (χ1) is 11.8. The van der Waals surface area contributed by atoms with E-state index in [0.717, 1.165) is 49.1 Å². The van der Waals surface area contributed by atoms with Gasteiger partial charge in [-0.15, -0.1) is 11.3 Å². The number of rotatable bonds is 5. The number of morpholine rings is 1. The number of hydrogen-bond donors (Lipinski definition) is 0. The van der Waals surface area contributed by atoms with Gasteiger partial charge in [0.1, 0.15) is 0 Å². The van der Waals surface area contributed by atoms with Crippen LogP contribution in [0.3, 0.4) is 0 Å². The summed E-state index contributed by atoms with van der Waals surface area (Å²) in [7, 11) is 0. The van der Waals surface area contributed by atoms with Gasteiger partial charge in [0, 0.05) is 31.9 Å². The second-order valence-corrected chi connectivity index (χ2v) is 7.08. The highest BCUT2D eigenvalue weighted by Gasteiger charge is 2.22. The van der Waals surface area contributed by atoms with E-state index >= 15 is 0 Å². The number of nitrogens with zero attached hydrogens (tertiary/aromatic N) is 4. The van der Waals surface area contributed by atoms with Crippen molar-refractivity contribution in [3.8, 4) is 10.6 Å². The first-order valence-corrected chi connectivity index (χ1v) is 8.97. The van der Waals surface area contributed by atoms with E-state index in [4.69, 9.17) is 9.26 Å². The molecule has 3 aromatic heterocycles. The lowest BCUT2D eigenvalue weighted by Gasteiger charge is -2.32. The zero-order valence-electron chi connectivity index (χ0n) is 13.6. The Kier molecular flexibility index (Phi) is 4.46. The second kappa shape index (κ2) is 6.88. The molecule has 1 atom stereocenters. The van der Waals surface area contributed by atoms with Crippen molar-refractivity contribution in [1.82, 2.24) is 19.8 Å². The Morgan fingerprint density at radius 1 is 1.42 bits per heavy atom. The normalized spacial score (nSPS) is 19.0. The maximum absolute atomic E-state index is 5.88. The van der Waals surface area contributed by atoms with E-state index in [2.05, 4.69) is 15.2 Å². The third-order valence-electron chi connectivity index (χ3n) is 4.08. The molecule has 0 bridgehead atoms. The molecule has 126 valence electrons. The minimum Gasteiger partial charge on any atom is -0.374 e. The lowest BCUT2D eigenvalue weighted by atomic mass is 10.2. The number of thiophene rings is 1. The van der Waals surface area contributed by atoms with Crippen LogP contribution in [0.25, 0.3) is 10.6 Å². The van der Waals surface area contributed by atoms with Gasteiger partial charge in [-0.3, -0.25) is 9.58 Å². The summed E-state index contributed by atoms with van der Waals surface area (Å²) in [6, 6.07) is 6.10. The quantitative estimate of drug-likeness (QED) is 0.712. The Labute approximate surface area is 144 Å². The SMILES string of the molecule is Cc1cnn(C[C@@H]2CN(Cc3cc(-c4cccs4)on3)CCO2)c1. The minimum absolute atomic E-state index is 0.154. The molecular formula is C17H20N4O2S. The van der Waals surface area contributed by atoms with Crippen LogP contribution in [0.15, 0.2) is 40.5 Å². The molecule has 0 amide bonds. The molecule has 0 aromatic carbocycles. The van der Waals surface area contributed by atoms with E-state index in [9.17, 15) is 0 Å². The molecule has 1 aliphatic rings. The maximum atomic E-state index is 5.88. The van der Waals surface area contributed by atoms with E-state index in [0.29, 0.717) is 0 Å². The summed E-state index contributed by atoms with van der Waals surface area (Å²) in [4.78, 5) is 3.48. The van der Waals surface area contributed by atoms with Crippen molar-refractivity contribution in [3.63, 3.8) is 0 Å². The van der Waals surface area contributed by atoms with Gasteiger partial charge in [-0.25, -0.2) is 0 Å². The largest absolute Gasteiger partial charge is 0.374 e. The Bertz CT molecular complexity index is 780. The lowest BCUT2D eigenvalue weighted by molar-refractivity contribution is -0.0407. The first-order valence-electron chi connectivity index (χ1n) is 8.09. The van der Waals surface area contributed by atoms with Crippen LogP contribution >= 0.6 is 11.3 Å². The summed E-state index contributed by atoms with van der Waals surface area (Å²) in [5, 5.41) is 10.6. The zero-order valence-corrected chi connectivity index (χ0v) is 14.4. The highest BCUT2D eigenvalue weighted by molar-refractivity contribution is 7.13. The van der Waals surface area contributed by atoms with Crippen molar-refractivity contribution in [2.24, 2.45) is 0 Å². The molecule has 0 spiro atoms. The Morgan fingerprint density at radius 2 is 2.38 bits per heavy atom. The molecule has 1 fully saturated rings. The van der Waals surface area contributed by atoms with E-state index in [1.807, 2.05) is 47.6 Å². The van der Waals surface area contributed by atoms with Gasteiger partial charge in [0.25, 0.3) is 0 Å². The van der Waals surface area contributed by atoms with E-state index in [1.165, 1.54) is 5.56 Å². The summed E-state index contributed by atoms with van der Waals surface area (Å²) in [6.07, 6.45) is 4.08. The fourth-order valence-electron chi connectivity index (χ4n) is 2.96. The molecule has 3 aromatic rings. The van der Waals surface area contributed by atoms with Gasteiger partial charge in [0.05, 0.1) is 36.0 Å². The fourth-order valence-corrected chi connectivity index (χ4v) is 3.63. The van der Waals surface area contributed by atoms with Gasteiger partial charge < -0.3 is 9.26 Å². The van der Waals surface area contributed by atoms with Crippen LogP contribution in [0.4, 0.5) is 0 Å². The molecule has 4 heterocycles. The van der Waals surface area contributed by atoms with Crippen LogP contribution in [0.2, 0.25) is 0 Å². The second-order valence-electron chi connectivity index (χ2n) is 6.13. The molecule has 0 radical (unpaired) electrons. The summed E-state index contributed by atoms with van der Waals surface area (Å²) in [5.41, 5.74) is 2.14. The van der Waals surface area contributed by atoms with Gasteiger partial charge in [0.15, 0.2) is 5.76 Å². The van der Waals surface area contributed by atoms with Crippen molar-refractivity contribution in [2.45, 2.75) is 26.1 Å². The van der Waals surface area contributed by atoms with Crippen molar-refractivity contribution >= 4 is 11.3 Å². The molecular weight excluding hydrogens is 324 g/mol. The van der Waals surface area contributed by atoms with Gasteiger partial charge in [-0.05, 0) is 23.9 Å². The standard InChI is InChI=1S/C17H20N4O2S/c1-13-8-18-21(9-13)12-15-11-20(4-5-22-15)10-14-7-16(23-19-14)17-3-2-6-24-17/h2-3,6-9,15H,4-5,10-12H2,1H3/t15-/m0/s1. The van der Waals surface area contributed by atoms with Gasteiger partial charge in [-0.2, -0.15) is 5.10 Å². The van der Waals surface area contributed by atoms with Crippen molar-refractivity contribution in [2.75, 3.05) is 19.7 Å². The fraction of sp³-hybridized carbons (Fsp3) is 0.412. The zero-order chi connectivity index (χ0) is 16.4. The monoisotopic (exact) mass is 344 g/mol. The van der Waals surface area contributed by atoms with Crippen LogP contribution in [-0.4, -0.2) is 45.6 Å². The molecule has 0 N–H and O–H groups in total. The summed E-state index contributed by atoms with van der Waals surface area (Å²) in [6.45, 7) is 6.14. The van der Waals surface area contributed by atoms with E-state index < -0.39 is 0 Å². The van der Waals surface area contributed by atoms with Crippen molar-refractivity contribution < 1.29 is 9.26 Å². The number of hydrogen-bond acceptors (Lipinski definition) is 6. The number of ether oxygens (including phenoxy) is 1. The molecule has 1 saturated heterocycles. The van der Waals surface area contributed by atoms with E-state index in [-0.39, 0.29) is 6.10 Å². The highest BCUT2D eigenvalue weighted by atomic mass is 32.1. The Morgan fingerprint density at radius 3 is 3.17 bits per heavy atom. The maximum Gasteiger partial charge on any atom is 0.177 e. The molecule has 0 aliphatic carbocycles. The minimum atomic E-state index is 0.154. The average molecular weight is 344 g/mol. The van der Waals surface area contributed by atoms with Gasteiger partial charge in [0.2, 0.25) is 0 Å². The predicted octanol–water partition coefficient (Wildman–Crippen LogP) is 2.81. The summed E-state index contributed by atoms with van der Waals surface area (Å²) in [5.74, 6) is 0.844. The van der Waals surface area contributed by atoms with Gasteiger partial charge >= 0.3 is 0 Å². The smallest absolute Gasteiger partial charge is 0.177 e. The molecule has 1 aliphatic heterocycles. The van der Waals surface area contributed by atoms with E-state index in [1.54, 1.807) is 11.3 Å². The van der Waals surface area contributed by atoms with Crippen LogP contribution in [0.1, 0.15) is 11.3 Å². The van der Waals surface area contributed by atoms with Crippen molar-refractivity contribution in [1.29, 1.82) is 0 Å². The van der Waals surface area contributed by atoms with Crippen LogP contribution in [0, 0.1) is 6.92 Å². The molecule has 4 rings (SSSR count). The predicted molar refractivity (Wildman–Crippen MR) is 91.8 cm³/mol. The van der Waals surface area contributed by atoms with Crippen LogP contribution in [-0.2, 0) is 17.8 Å². The molecule has 0 unspecified atom stereocenters. The third kappa shape index (κ3) is 3.58. The topological polar surface area (TPSA) is 56.3 Å². The summed E-state index contributed by atoms with van der Waals surface area (Å²) < 4.78 is 13.3. The third-order valence-corrected chi connectivity index (χ3v) is 4.97. The number of aromatic nitrogens is 3. The summed E-state index contributed by atoms with van der Waals surface area (Å²) >= 11 is 1.66. The molecule has 24 heavy (non-hydrogen) atoms. The molecule has 7 heteroatoms. The molecule has 6 nitrogen and oxygen atoms in total. The van der Waals surface area contributed by atoms with Gasteiger partial charge in [-0.1, -0.05) is 11.2 Å². The van der Waals surface area contributed by atoms with Crippen LogP contribution in [0.5, 0.6) is 0 Å². The Balaban J connectivity index is 1.36. The average Bonchev–Trinajstić information content (AvgIpc) is 3.29. The molecule has 0 saturated carbocycles. The Hall–Kier alpha value is -1.96. The highest BCUT2D eigenvalue weighted by Crippen LogP contribution is 2.25. The first kappa shape index (κ1) is 15.6. The lowest BCUT2D eigenvalue weighted by Crippen LogP contribution is -2.43. The number of aryl methyl sites for hydroxylation is 1. The van der Waals surface area contributed by atoms with Crippen molar-refractivity contribution in [3.05, 3.63) is 47.2 Å². The van der Waals surface area contributed by atoms with Crippen LogP contribution < -0.4 is 0 Å².